The Hall–Kier alpha value is -3.84. The third kappa shape index (κ3) is 5.02. The van der Waals surface area contributed by atoms with Gasteiger partial charge in [-0.15, -0.1) is 10.2 Å². The number of nitrogens with zero attached hydrogens (tertiary/aromatic N) is 2. The number of nitrogens with one attached hydrogen (secondary N) is 2. The number of anilines is 2. The van der Waals surface area contributed by atoms with Gasteiger partial charge in [0.1, 0.15) is 5.01 Å². The first-order valence-electron chi connectivity index (χ1n) is 9.68. The summed E-state index contributed by atoms with van der Waals surface area (Å²) in [6.45, 7) is 3.97. The lowest BCUT2D eigenvalue weighted by Gasteiger charge is -2.06. The summed E-state index contributed by atoms with van der Waals surface area (Å²) in [4.78, 5) is 24.8. The molecule has 0 unspecified atom stereocenters. The molecule has 0 aliphatic heterocycles. The SMILES string of the molecule is Cc1ccc(NC(=O)c2nnc(-c3ccc(NC(=O)c4ccc(C)cc4)cc3)s2)cc1. The van der Waals surface area contributed by atoms with Crippen molar-refractivity contribution in [2.75, 3.05) is 10.6 Å². The van der Waals surface area contributed by atoms with Crippen LogP contribution in [0.2, 0.25) is 0 Å². The number of hydrogen-bond acceptors (Lipinski definition) is 5. The zero-order chi connectivity index (χ0) is 21.8. The van der Waals surface area contributed by atoms with Crippen LogP contribution in [0.5, 0.6) is 0 Å². The van der Waals surface area contributed by atoms with Gasteiger partial charge in [0, 0.05) is 22.5 Å². The third-order valence-corrected chi connectivity index (χ3v) is 5.60. The van der Waals surface area contributed by atoms with Gasteiger partial charge in [0.25, 0.3) is 11.8 Å². The summed E-state index contributed by atoms with van der Waals surface area (Å²) in [7, 11) is 0. The predicted octanol–water partition coefficient (Wildman–Crippen LogP) is 5.33. The highest BCUT2D eigenvalue weighted by molar-refractivity contribution is 7.16. The predicted molar refractivity (Wildman–Crippen MR) is 124 cm³/mol. The van der Waals surface area contributed by atoms with E-state index in [9.17, 15) is 9.59 Å². The molecule has 0 bridgehead atoms. The van der Waals surface area contributed by atoms with Crippen molar-refractivity contribution < 1.29 is 9.59 Å². The molecule has 0 saturated carbocycles. The lowest BCUT2D eigenvalue weighted by Crippen LogP contribution is -2.11. The first-order valence-corrected chi connectivity index (χ1v) is 10.5. The van der Waals surface area contributed by atoms with Gasteiger partial charge in [0.2, 0.25) is 5.01 Å². The van der Waals surface area contributed by atoms with Crippen LogP contribution in [0.15, 0.2) is 72.8 Å². The van der Waals surface area contributed by atoms with Gasteiger partial charge < -0.3 is 10.6 Å². The summed E-state index contributed by atoms with van der Waals surface area (Å²) in [5.74, 6) is -0.465. The van der Waals surface area contributed by atoms with Gasteiger partial charge in [-0.3, -0.25) is 9.59 Å². The topological polar surface area (TPSA) is 84.0 Å². The zero-order valence-electron chi connectivity index (χ0n) is 17.0. The number of carbonyl (C=O) groups excluding carboxylic acids is 2. The van der Waals surface area contributed by atoms with Crippen LogP contribution in [0, 0.1) is 13.8 Å². The average molecular weight is 429 g/mol. The number of benzene rings is 3. The molecule has 0 aliphatic carbocycles. The van der Waals surface area contributed by atoms with Gasteiger partial charge in [-0.1, -0.05) is 46.7 Å². The number of carbonyl (C=O) groups is 2. The van der Waals surface area contributed by atoms with E-state index in [0.29, 0.717) is 21.9 Å². The van der Waals surface area contributed by atoms with Gasteiger partial charge in [0.05, 0.1) is 0 Å². The summed E-state index contributed by atoms with van der Waals surface area (Å²) in [6.07, 6.45) is 0. The van der Waals surface area contributed by atoms with Gasteiger partial charge in [-0.2, -0.15) is 0 Å². The Morgan fingerprint density at radius 2 is 1.19 bits per heavy atom. The fourth-order valence-corrected chi connectivity index (χ4v) is 3.60. The third-order valence-electron chi connectivity index (χ3n) is 4.63. The van der Waals surface area contributed by atoms with E-state index in [1.165, 1.54) is 11.3 Å². The standard InChI is InChI=1S/C24H20N4O2S/c1-15-3-7-17(8-4-15)21(29)25-20-13-9-18(10-14-20)23-27-28-24(31-23)22(30)26-19-11-5-16(2)6-12-19/h3-14H,1-2H3,(H,25,29)(H,26,30). The van der Waals surface area contributed by atoms with Crippen molar-refractivity contribution in [3.05, 3.63) is 94.5 Å². The molecule has 3 aromatic carbocycles. The van der Waals surface area contributed by atoms with Gasteiger partial charge in [-0.05, 0) is 62.4 Å². The molecule has 4 rings (SSSR count). The largest absolute Gasteiger partial charge is 0.322 e. The molecule has 0 atom stereocenters. The van der Waals surface area contributed by atoms with E-state index in [0.717, 1.165) is 16.7 Å². The Morgan fingerprint density at radius 3 is 1.81 bits per heavy atom. The summed E-state index contributed by atoms with van der Waals surface area (Å²) in [5.41, 5.74) is 5.03. The highest BCUT2D eigenvalue weighted by Gasteiger charge is 2.14. The molecule has 0 aliphatic rings. The van der Waals surface area contributed by atoms with Crippen LogP contribution < -0.4 is 10.6 Å². The summed E-state index contributed by atoms with van der Waals surface area (Å²) < 4.78 is 0. The fourth-order valence-electron chi connectivity index (χ4n) is 2.86. The quantitative estimate of drug-likeness (QED) is 0.450. The Kier molecular flexibility index (Phi) is 5.86. The van der Waals surface area contributed by atoms with Crippen molar-refractivity contribution in [1.29, 1.82) is 0 Å². The number of rotatable bonds is 5. The van der Waals surface area contributed by atoms with E-state index in [-0.39, 0.29) is 16.8 Å². The highest BCUT2D eigenvalue weighted by atomic mass is 32.1. The van der Waals surface area contributed by atoms with Gasteiger partial charge in [0.15, 0.2) is 0 Å². The molecule has 2 N–H and O–H groups in total. The maximum atomic E-state index is 12.4. The number of aryl methyl sites for hydroxylation is 2. The Labute approximate surface area is 184 Å². The minimum absolute atomic E-state index is 0.168. The van der Waals surface area contributed by atoms with Gasteiger partial charge >= 0.3 is 0 Å². The molecule has 0 radical (unpaired) electrons. The lowest BCUT2D eigenvalue weighted by atomic mass is 10.1. The van der Waals surface area contributed by atoms with Crippen molar-refractivity contribution in [3.8, 4) is 10.6 Å². The molecule has 154 valence electrons. The summed E-state index contributed by atoms with van der Waals surface area (Å²) >= 11 is 1.21. The van der Waals surface area contributed by atoms with Crippen LogP contribution in [0.1, 0.15) is 31.3 Å². The second-order valence-corrected chi connectivity index (χ2v) is 8.11. The number of aromatic nitrogens is 2. The fraction of sp³-hybridized carbons (Fsp3) is 0.0833. The van der Waals surface area contributed by atoms with E-state index < -0.39 is 0 Å². The monoisotopic (exact) mass is 428 g/mol. The maximum absolute atomic E-state index is 12.4. The second kappa shape index (κ2) is 8.89. The van der Waals surface area contributed by atoms with Crippen LogP contribution in [0.25, 0.3) is 10.6 Å². The van der Waals surface area contributed by atoms with Crippen LogP contribution >= 0.6 is 11.3 Å². The Bertz CT molecular complexity index is 1210. The van der Waals surface area contributed by atoms with E-state index in [2.05, 4.69) is 20.8 Å². The molecule has 1 heterocycles. The zero-order valence-corrected chi connectivity index (χ0v) is 17.9. The van der Waals surface area contributed by atoms with E-state index >= 15 is 0 Å². The first-order chi connectivity index (χ1) is 15.0. The van der Waals surface area contributed by atoms with Crippen molar-refractivity contribution in [2.45, 2.75) is 13.8 Å². The maximum Gasteiger partial charge on any atom is 0.286 e. The molecule has 0 spiro atoms. The van der Waals surface area contributed by atoms with E-state index in [1.807, 2.05) is 62.4 Å². The van der Waals surface area contributed by atoms with Crippen molar-refractivity contribution in [3.63, 3.8) is 0 Å². The van der Waals surface area contributed by atoms with Crippen LogP contribution in [-0.2, 0) is 0 Å². The van der Waals surface area contributed by atoms with Gasteiger partial charge in [-0.25, -0.2) is 0 Å². The Morgan fingerprint density at radius 1 is 0.677 bits per heavy atom. The van der Waals surface area contributed by atoms with Crippen LogP contribution in [0.3, 0.4) is 0 Å². The molecule has 0 fully saturated rings. The molecule has 4 aromatic rings. The van der Waals surface area contributed by atoms with E-state index in [1.54, 1.807) is 24.3 Å². The van der Waals surface area contributed by atoms with Crippen molar-refractivity contribution >= 4 is 34.5 Å². The minimum atomic E-state index is -0.297. The highest BCUT2D eigenvalue weighted by Crippen LogP contribution is 2.25. The number of amides is 2. The smallest absolute Gasteiger partial charge is 0.286 e. The lowest BCUT2D eigenvalue weighted by molar-refractivity contribution is 0.101. The molecule has 2 amide bonds. The minimum Gasteiger partial charge on any atom is -0.322 e. The summed E-state index contributed by atoms with van der Waals surface area (Å²) in [5, 5.41) is 14.8. The molecule has 7 heteroatoms. The number of hydrogen-bond donors (Lipinski definition) is 2. The molecule has 6 nitrogen and oxygen atoms in total. The molecule has 0 saturated heterocycles. The Balaban J connectivity index is 1.41. The second-order valence-electron chi connectivity index (χ2n) is 7.13. The molecule has 1 aromatic heterocycles. The summed E-state index contributed by atoms with van der Waals surface area (Å²) in [6, 6.07) is 22.2. The van der Waals surface area contributed by atoms with Crippen LogP contribution in [-0.4, -0.2) is 22.0 Å². The first kappa shape index (κ1) is 20.4. The van der Waals surface area contributed by atoms with Crippen LogP contribution in [0.4, 0.5) is 11.4 Å². The molecular formula is C24H20N4O2S. The van der Waals surface area contributed by atoms with Crippen molar-refractivity contribution in [1.82, 2.24) is 10.2 Å². The van der Waals surface area contributed by atoms with E-state index in [4.69, 9.17) is 0 Å². The average Bonchev–Trinajstić information content (AvgIpc) is 3.27. The van der Waals surface area contributed by atoms with Crippen molar-refractivity contribution in [2.24, 2.45) is 0 Å². The molecular weight excluding hydrogens is 408 g/mol. The molecule has 31 heavy (non-hydrogen) atoms. The normalized spacial score (nSPS) is 10.5.